The van der Waals surface area contributed by atoms with Crippen LogP contribution >= 0.6 is 22.6 Å². The summed E-state index contributed by atoms with van der Waals surface area (Å²) in [6.07, 6.45) is 1.77. The average Bonchev–Trinajstić information content (AvgIpc) is 2.64. The number of nitrogens with one attached hydrogen (secondary N) is 2. The van der Waals surface area contributed by atoms with Crippen LogP contribution in [0.4, 0.5) is 17.5 Å². The Morgan fingerprint density at radius 2 is 1.81 bits per heavy atom. The van der Waals surface area contributed by atoms with Crippen molar-refractivity contribution < 1.29 is 0 Å². The van der Waals surface area contributed by atoms with E-state index >= 15 is 0 Å². The van der Waals surface area contributed by atoms with Gasteiger partial charge in [-0.3, -0.25) is 4.98 Å². The minimum Gasteiger partial charge on any atom is -0.353 e. The lowest BCUT2D eigenvalue weighted by Crippen LogP contribution is -2.21. The van der Waals surface area contributed by atoms with Crippen LogP contribution in [0.5, 0.6) is 0 Å². The number of halogens is 1. The molecule has 2 heterocycles. The van der Waals surface area contributed by atoms with E-state index in [2.05, 4.69) is 59.1 Å². The summed E-state index contributed by atoms with van der Waals surface area (Å²) in [6, 6.07) is 15.8. The Labute approximate surface area is 167 Å². The quantitative estimate of drug-likeness (QED) is 0.523. The van der Waals surface area contributed by atoms with Crippen LogP contribution in [0.3, 0.4) is 0 Å². The van der Waals surface area contributed by atoms with Gasteiger partial charge in [-0.25, -0.2) is 4.98 Å². The van der Waals surface area contributed by atoms with Crippen molar-refractivity contribution in [3.8, 4) is 11.4 Å². The molecule has 0 aliphatic heterocycles. The summed E-state index contributed by atoms with van der Waals surface area (Å²) >= 11 is 2.31. The van der Waals surface area contributed by atoms with Crippen LogP contribution in [0.1, 0.15) is 0 Å². The van der Waals surface area contributed by atoms with Gasteiger partial charge in [-0.2, -0.15) is 4.98 Å². The van der Waals surface area contributed by atoms with Gasteiger partial charge >= 0.3 is 0 Å². The van der Waals surface area contributed by atoms with Gasteiger partial charge in [0.2, 0.25) is 5.95 Å². The number of rotatable bonds is 7. The van der Waals surface area contributed by atoms with Crippen LogP contribution in [-0.2, 0) is 0 Å². The van der Waals surface area contributed by atoms with E-state index in [0.29, 0.717) is 5.95 Å². The van der Waals surface area contributed by atoms with E-state index in [0.717, 1.165) is 39.6 Å². The maximum Gasteiger partial charge on any atom is 0.225 e. The number of anilines is 3. The maximum absolute atomic E-state index is 4.62. The zero-order chi connectivity index (χ0) is 18.4. The zero-order valence-electron chi connectivity index (χ0n) is 14.8. The third-order valence-electron chi connectivity index (χ3n) is 3.63. The number of hydrogen-bond donors (Lipinski definition) is 2. The fraction of sp³-hybridized carbons (Fsp3) is 0.211. The predicted octanol–water partition coefficient (Wildman–Crippen LogP) is 3.86. The summed E-state index contributed by atoms with van der Waals surface area (Å²) in [5, 5.41) is 6.68. The normalized spacial score (nSPS) is 10.8. The molecule has 0 radical (unpaired) electrons. The van der Waals surface area contributed by atoms with Crippen LogP contribution in [-0.4, -0.2) is 47.0 Å². The average molecular weight is 460 g/mol. The van der Waals surface area contributed by atoms with Gasteiger partial charge in [-0.05, 0) is 61.0 Å². The second kappa shape index (κ2) is 8.91. The Morgan fingerprint density at radius 1 is 1.00 bits per heavy atom. The zero-order valence-corrected chi connectivity index (χ0v) is 16.9. The first kappa shape index (κ1) is 18.5. The molecule has 2 N–H and O–H groups in total. The van der Waals surface area contributed by atoms with Crippen molar-refractivity contribution >= 4 is 40.0 Å². The monoisotopic (exact) mass is 460 g/mol. The van der Waals surface area contributed by atoms with Crippen LogP contribution < -0.4 is 10.6 Å². The van der Waals surface area contributed by atoms with Crippen LogP contribution in [0.2, 0.25) is 0 Å². The van der Waals surface area contributed by atoms with E-state index < -0.39 is 0 Å². The summed E-state index contributed by atoms with van der Waals surface area (Å²) in [7, 11) is 4.08. The Bertz CT molecular complexity index is 854. The molecular formula is C19H21IN6. The molecule has 3 rings (SSSR count). The first-order chi connectivity index (χ1) is 12.6. The highest BCUT2D eigenvalue weighted by atomic mass is 127. The molecule has 0 aliphatic rings. The lowest BCUT2D eigenvalue weighted by Gasteiger charge is -2.13. The molecule has 0 atom stereocenters. The lowest BCUT2D eigenvalue weighted by molar-refractivity contribution is 0.425. The molecule has 0 unspecified atom stereocenters. The molecule has 3 aromatic rings. The van der Waals surface area contributed by atoms with Crippen molar-refractivity contribution in [2.24, 2.45) is 0 Å². The van der Waals surface area contributed by atoms with Gasteiger partial charge in [-0.15, -0.1) is 0 Å². The summed E-state index contributed by atoms with van der Waals surface area (Å²) in [5.74, 6) is 1.32. The van der Waals surface area contributed by atoms with Crippen molar-refractivity contribution in [3.05, 3.63) is 58.3 Å². The maximum atomic E-state index is 4.62. The van der Waals surface area contributed by atoms with E-state index in [9.17, 15) is 0 Å². The van der Waals surface area contributed by atoms with Crippen molar-refractivity contribution in [2.75, 3.05) is 37.8 Å². The van der Waals surface area contributed by atoms with Gasteiger partial charge in [0.05, 0.1) is 17.1 Å². The molecule has 0 saturated carbocycles. The number of aromatic nitrogens is 3. The van der Waals surface area contributed by atoms with Crippen LogP contribution in [0, 0.1) is 3.57 Å². The second-order valence-corrected chi connectivity index (χ2v) is 7.17. The molecule has 0 aliphatic carbocycles. The molecule has 1 aromatic carbocycles. The van der Waals surface area contributed by atoms with E-state index in [4.69, 9.17) is 0 Å². The molecule has 0 saturated heterocycles. The molecule has 0 fully saturated rings. The number of pyridine rings is 1. The first-order valence-corrected chi connectivity index (χ1v) is 9.40. The smallest absolute Gasteiger partial charge is 0.225 e. The van der Waals surface area contributed by atoms with Crippen molar-refractivity contribution in [3.63, 3.8) is 0 Å². The van der Waals surface area contributed by atoms with Gasteiger partial charge < -0.3 is 15.5 Å². The Balaban J connectivity index is 1.90. The van der Waals surface area contributed by atoms with Gasteiger partial charge in [-0.1, -0.05) is 18.2 Å². The molecule has 26 heavy (non-hydrogen) atoms. The molecule has 7 heteroatoms. The third kappa shape index (κ3) is 5.12. The molecule has 134 valence electrons. The standard InChI is InChI=1S/C19H21IN6/c1-26(2)12-11-22-19-24-17(16-9-5-6-10-21-16)13-18(25-19)23-15-8-4-3-7-14(15)20/h3-10,13H,11-12H2,1-2H3,(H2,22,23,24,25). The van der Waals surface area contributed by atoms with Crippen molar-refractivity contribution in [1.29, 1.82) is 0 Å². The van der Waals surface area contributed by atoms with E-state index in [1.54, 1.807) is 6.20 Å². The molecule has 6 nitrogen and oxygen atoms in total. The SMILES string of the molecule is CN(C)CCNc1nc(Nc2ccccc2I)cc(-c2ccccn2)n1. The van der Waals surface area contributed by atoms with Crippen molar-refractivity contribution in [2.45, 2.75) is 0 Å². The summed E-state index contributed by atoms with van der Waals surface area (Å²) in [4.78, 5) is 15.7. The van der Waals surface area contributed by atoms with Gasteiger partial charge in [0.15, 0.2) is 0 Å². The summed E-state index contributed by atoms with van der Waals surface area (Å²) < 4.78 is 1.13. The third-order valence-corrected chi connectivity index (χ3v) is 4.57. The largest absolute Gasteiger partial charge is 0.353 e. The summed E-state index contributed by atoms with van der Waals surface area (Å²) in [6.45, 7) is 1.66. The lowest BCUT2D eigenvalue weighted by atomic mass is 10.2. The van der Waals surface area contributed by atoms with E-state index in [1.165, 1.54) is 0 Å². The highest BCUT2D eigenvalue weighted by Crippen LogP contribution is 2.25. The van der Waals surface area contributed by atoms with Gasteiger partial charge in [0.1, 0.15) is 5.82 Å². The summed E-state index contributed by atoms with van der Waals surface area (Å²) in [5.41, 5.74) is 2.61. The Kier molecular flexibility index (Phi) is 6.35. The fourth-order valence-corrected chi connectivity index (χ4v) is 2.85. The van der Waals surface area contributed by atoms with Crippen LogP contribution in [0.25, 0.3) is 11.4 Å². The number of benzene rings is 1. The first-order valence-electron chi connectivity index (χ1n) is 8.32. The number of hydrogen-bond acceptors (Lipinski definition) is 6. The molecular weight excluding hydrogens is 439 g/mol. The minimum atomic E-state index is 0.587. The highest BCUT2D eigenvalue weighted by Gasteiger charge is 2.09. The highest BCUT2D eigenvalue weighted by molar-refractivity contribution is 14.1. The number of likely N-dealkylation sites (N-methyl/N-ethyl adjacent to an activating group) is 1. The van der Waals surface area contributed by atoms with Gasteiger partial charge in [0, 0.05) is 28.9 Å². The Morgan fingerprint density at radius 3 is 2.54 bits per heavy atom. The van der Waals surface area contributed by atoms with E-state index in [-0.39, 0.29) is 0 Å². The number of para-hydroxylation sites is 1. The van der Waals surface area contributed by atoms with E-state index in [1.807, 2.05) is 56.6 Å². The van der Waals surface area contributed by atoms with Crippen molar-refractivity contribution in [1.82, 2.24) is 19.9 Å². The van der Waals surface area contributed by atoms with Gasteiger partial charge in [0.25, 0.3) is 0 Å². The fourth-order valence-electron chi connectivity index (χ4n) is 2.33. The predicted molar refractivity (Wildman–Crippen MR) is 115 cm³/mol. The molecule has 0 spiro atoms. The topological polar surface area (TPSA) is 66.0 Å². The van der Waals surface area contributed by atoms with Crippen LogP contribution in [0.15, 0.2) is 54.7 Å². The Hall–Kier alpha value is -2.26. The number of nitrogens with zero attached hydrogens (tertiary/aromatic N) is 4. The second-order valence-electron chi connectivity index (χ2n) is 6.01. The molecule has 2 aromatic heterocycles. The molecule has 0 bridgehead atoms. The molecule has 0 amide bonds. The minimum absolute atomic E-state index is 0.587.